The molecule has 0 rings (SSSR count). The third-order valence-corrected chi connectivity index (χ3v) is 2.56. The molecule has 0 heterocycles. The SMILES string of the molecule is CCCN(CCCCC(C)O)C(C)C. The summed E-state index contributed by atoms with van der Waals surface area (Å²) >= 11 is 0. The molecule has 0 radical (unpaired) electrons. The van der Waals surface area contributed by atoms with E-state index >= 15 is 0 Å². The minimum absolute atomic E-state index is 0.131. The number of rotatable bonds is 8. The van der Waals surface area contributed by atoms with Crippen LogP contribution in [-0.2, 0) is 0 Å². The Hall–Kier alpha value is -0.0800. The second-order valence-electron chi connectivity index (χ2n) is 4.47. The van der Waals surface area contributed by atoms with Gasteiger partial charge in [-0.15, -0.1) is 0 Å². The first-order valence-electron chi connectivity index (χ1n) is 6.00. The van der Waals surface area contributed by atoms with Crippen molar-refractivity contribution >= 4 is 0 Å². The Morgan fingerprint density at radius 1 is 1.07 bits per heavy atom. The van der Waals surface area contributed by atoms with E-state index in [1.807, 2.05) is 6.92 Å². The van der Waals surface area contributed by atoms with Crippen molar-refractivity contribution in [3.63, 3.8) is 0 Å². The Morgan fingerprint density at radius 3 is 2.14 bits per heavy atom. The highest BCUT2D eigenvalue weighted by Crippen LogP contribution is 2.05. The average Bonchev–Trinajstić information content (AvgIpc) is 2.09. The monoisotopic (exact) mass is 201 g/mol. The van der Waals surface area contributed by atoms with Crippen LogP contribution in [0.3, 0.4) is 0 Å². The lowest BCUT2D eigenvalue weighted by Crippen LogP contribution is -2.32. The van der Waals surface area contributed by atoms with Crippen molar-refractivity contribution in [2.75, 3.05) is 13.1 Å². The zero-order valence-corrected chi connectivity index (χ0v) is 10.3. The summed E-state index contributed by atoms with van der Waals surface area (Å²) in [6.45, 7) is 11.0. The van der Waals surface area contributed by atoms with Gasteiger partial charge in [0.05, 0.1) is 6.10 Å². The van der Waals surface area contributed by atoms with Crippen molar-refractivity contribution in [1.29, 1.82) is 0 Å². The van der Waals surface area contributed by atoms with Crippen LogP contribution in [-0.4, -0.2) is 35.2 Å². The third kappa shape index (κ3) is 7.34. The molecule has 0 aromatic rings. The van der Waals surface area contributed by atoms with E-state index in [4.69, 9.17) is 5.11 Å². The van der Waals surface area contributed by atoms with Crippen LogP contribution in [0.2, 0.25) is 0 Å². The highest BCUT2D eigenvalue weighted by molar-refractivity contribution is 4.62. The maximum atomic E-state index is 9.12. The van der Waals surface area contributed by atoms with Crippen LogP contribution >= 0.6 is 0 Å². The van der Waals surface area contributed by atoms with Gasteiger partial charge < -0.3 is 10.0 Å². The molecule has 1 atom stereocenters. The first-order chi connectivity index (χ1) is 6.57. The lowest BCUT2D eigenvalue weighted by Gasteiger charge is -2.25. The summed E-state index contributed by atoms with van der Waals surface area (Å²) in [5, 5.41) is 9.12. The fourth-order valence-electron chi connectivity index (χ4n) is 1.67. The molecule has 0 aromatic carbocycles. The van der Waals surface area contributed by atoms with Gasteiger partial charge in [-0.3, -0.25) is 0 Å². The van der Waals surface area contributed by atoms with Gasteiger partial charge in [0.15, 0.2) is 0 Å². The lowest BCUT2D eigenvalue weighted by atomic mass is 10.1. The number of hydrogen-bond donors (Lipinski definition) is 1. The third-order valence-electron chi connectivity index (χ3n) is 2.56. The van der Waals surface area contributed by atoms with E-state index in [0.29, 0.717) is 6.04 Å². The number of aliphatic hydroxyl groups is 1. The fraction of sp³-hybridized carbons (Fsp3) is 1.00. The predicted octanol–water partition coefficient (Wildman–Crippen LogP) is 2.66. The van der Waals surface area contributed by atoms with Gasteiger partial charge in [-0.25, -0.2) is 0 Å². The first-order valence-corrected chi connectivity index (χ1v) is 6.00. The molecule has 14 heavy (non-hydrogen) atoms. The number of nitrogens with zero attached hydrogens (tertiary/aromatic N) is 1. The molecule has 0 aliphatic carbocycles. The van der Waals surface area contributed by atoms with E-state index in [-0.39, 0.29) is 6.10 Å². The summed E-state index contributed by atoms with van der Waals surface area (Å²) in [4.78, 5) is 2.52. The summed E-state index contributed by atoms with van der Waals surface area (Å²) in [5.41, 5.74) is 0. The topological polar surface area (TPSA) is 23.5 Å². The molecule has 0 aromatic heterocycles. The van der Waals surface area contributed by atoms with Crippen LogP contribution in [0.5, 0.6) is 0 Å². The molecule has 0 fully saturated rings. The Balaban J connectivity index is 3.50. The highest BCUT2D eigenvalue weighted by atomic mass is 16.3. The molecule has 0 spiro atoms. The standard InChI is InChI=1S/C12H27NO/c1-5-9-13(11(2)3)10-7-6-8-12(4)14/h11-12,14H,5-10H2,1-4H3. The van der Waals surface area contributed by atoms with Gasteiger partial charge in [0.1, 0.15) is 0 Å². The van der Waals surface area contributed by atoms with Gasteiger partial charge in [-0.2, -0.15) is 0 Å². The van der Waals surface area contributed by atoms with Gasteiger partial charge in [-0.1, -0.05) is 6.92 Å². The number of hydrogen-bond acceptors (Lipinski definition) is 2. The van der Waals surface area contributed by atoms with Crippen LogP contribution in [0, 0.1) is 0 Å². The lowest BCUT2D eigenvalue weighted by molar-refractivity contribution is 0.172. The summed E-state index contributed by atoms with van der Waals surface area (Å²) in [6, 6.07) is 0.654. The minimum Gasteiger partial charge on any atom is -0.393 e. The van der Waals surface area contributed by atoms with E-state index in [0.717, 1.165) is 12.8 Å². The van der Waals surface area contributed by atoms with Gasteiger partial charge >= 0.3 is 0 Å². The van der Waals surface area contributed by atoms with E-state index < -0.39 is 0 Å². The van der Waals surface area contributed by atoms with Crippen molar-refractivity contribution in [3.8, 4) is 0 Å². The summed E-state index contributed by atoms with van der Waals surface area (Å²) < 4.78 is 0. The van der Waals surface area contributed by atoms with Crippen LogP contribution in [0.15, 0.2) is 0 Å². The van der Waals surface area contributed by atoms with Crippen LogP contribution in [0.25, 0.3) is 0 Å². The molecular formula is C12H27NO. The van der Waals surface area contributed by atoms with Gasteiger partial charge in [0.25, 0.3) is 0 Å². The molecule has 86 valence electrons. The number of aliphatic hydroxyl groups excluding tert-OH is 1. The van der Waals surface area contributed by atoms with E-state index in [9.17, 15) is 0 Å². The molecule has 0 bridgehead atoms. The largest absolute Gasteiger partial charge is 0.393 e. The van der Waals surface area contributed by atoms with Crippen molar-refractivity contribution in [2.45, 2.75) is 65.5 Å². The molecule has 0 saturated carbocycles. The van der Waals surface area contributed by atoms with E-state index in [2.05, 4.69) is 25.7 Å². The zero-order valence-electron chi connectivity index (χ0n) is 10.3. The van der Waals surface area contributed by atoms with Gasteiger partial charge in [0, 0.05) is 6.04 Å². The maximum Gasteiger partial charge on any atom is 0.0512 e. The van der Waals surface area contributed by atoms with Crippen molar-refractivity contribution < 1.29 is 5.11 Å². The van der Waals surface area contributed by atoms with Crippen molar-refractivity contribution in [3.05, 3.63) is 0 Å². The predicted molar refractivity (Wildman–Crippen MR) is 62.5 cm³/mol. The van der Waals surface area contributed by atoms with Gasteiger partial charge in [-0.05, 0) is 59.5 Å². The second-order valence-corrected chi connectivity index (χ2v) is 4.47. The van der Waals surface area contributed by atoms with Crippen LogP contribution in [0.1, 0.15) is 53.4 Å². The Bertz CT molecular complexity index is 123. The molecule has 0 amide bonds. The van der Waals surface area contributed by atoms with Crippen molar-refractivity contribution in [1.82, 2.24) is 4.90 Å². The molecule has 2 heteroatoms. The van der Waals surface area contributed by atoms with Crippen molar-refractivity contribution in [2.24, 2.45) is 0 Å². The highest BCUT2D eigenvalue weighted by Gasteiger charge is 2.07. The normalized spacial score (nSPS) is 13.9. The molecule has 0 saturated heterocycles. The molecule has 0 aliphatic heterocycles. The molecular weight excluding hydrogens is 174 g/mol. The second kappa shape index (κ2) is 8.25. The fourth-order valence-corrected chi connectivity index (χ4v) is 1.67. The molecule has 0 aliphatic rings. The van der Waals surface area contributed by atoms with E-state index in [1.54, 1.807) is 0 Å². The smallest absolute Gasteiger partial charge is 0.0512 e. The van der Waals surface area contributed by atoms with Crippen LogP contribution < -0.4 is 0 Å². The zero-order chi connectivity index (χ0) is 11.0. The maximum absolute atomic E-state index is 9.12. The Morgan fingerprint density at radius 2 is 1.71 bits per heavy atom. The molecule has 2 nitrogen and oxygen atoms in total. The Labute approximate surface area is 89.3 Å². The molecule has 1 unspecified atom stereocenters. The minimum atomic E-state index is -0.131. The average molecular weight is 201 g/mol. The van der Waals surface area contributed by atoms with Crippen LogP contribution in [0.4, 0.5) is 0 Å². The van der Waals surface area contributed by atoms with E-state index in [1.165, 1.54) is 25.9 Å². The summed E-state index contributed by atoms with van der Waals surface area (Å²) in [5.74, 6) is 0. The summed E-state index contributed by atoms with van der Waals surface area (Å²) in [6.07, 6.45) is 4.40. The molecule has 1 N–H and O–H groups in total. The Kier molecular flexibility index (Phi) is 8.20. The van der Waals surface area contributed by atoms with Gasteiger partial charge in [0.2, 0.25) is 0 Å². The first kappa shape index (κ1) is 13.9. The summed E-state index contributed by atoms with van der Waals surface area (Å²) in [7, 11) is 0. The number of unbranched alkanes of at least 4 members (excludes halogenated alkanes) is 1. The quantitative estimate of drug-likeness (QED) is 0.610.